The van der Waals surface area contributed by atoms with Crippen molar-refractivity contribution in [1.82, 2.24) is 0 Å². The summed E-state index contributed by atoms with van der Waals surface area (Å²) in [6.45, 7) is 21.8. The standard InChI is InChI=1S/C29H66NO2Si2.C2F6NO4S2/c1-9-16-17-18-19-20-21-22-23-24-25-30(8,26-28-31-33(10-2,11-3)12-4)27-29-32-34(13-5,14-6)15-7;3-1(4,5)14(10,11)9-15(12,13)2(6,7)8/h9-29H2,1-8H3;/q+1;-1. The normalized spacial score (nSPS) is 13.8. The van der Waals surface area contributed by atoms with Crippen molar-refractivity contribution in [2.24, 2.45) is 0 Å². The molecule has 0 atom stereocenters. The van der Waals surface area contributed by atoms with Crippen molar-refractivity contribution >= 4 is 36.7 Å². The zero-order chi connectivity index (χ0) is 38.5. The van der Waals surface area contributed by atoms with E-state index >= 15 is 0 Å². The topological polar surface area (TPSA) is 101 Å². The maximum Gasteiger partial charge on any atom is 0.480 e. The van der Waals surface area contributed by atoms with Crippen LogP contribution in [-0.4, -0.2) is 88.9 Å². The number of unbranched alkanes of at least 4 members (excludes halogenated alkanes) is 9. The maximum atomic E-state index is 11.4. The second-order valence-corrected chi connectivity index (χ2v) is 26.0. The number of quaternary nitrogens is 1. The molecule has 0 unspecified atom stereocenters. The lowest BCUT2D eigenvalue weighted by Gasteiger charge is -2.38. The first-order valence-electron chi connectivity index (χ1n) is 18.0. The molecule has 0 aliphatic carbocycles. The molecule has 0 aromatic carbocycles. The zero-order valence-electron chi connectivity index (χ0n) is 31.3. The molecule has 0 aromatic heterocycles. The Labute approximate surface area is 296 Å². The molecule has 0 radical (unpaired) electrons. The van der Waals surface area contributed by atoms with E-state index in [1.54, 1.807) is 0 Å². The van der Waals surface area contributed by atoms with E-state index in [2.05, 4.69) is 55.5 Å². The van der Waals surface area contributed by atoms with Crippen LogP contribution in [0.5, 0.6) is 0 Å². The number of likely N-dealkylation sites (N-methyl/N-ethyl adjacent to an activating group) is 1. The van der Waals surface area contributed by atoms with Crippen LogP contribution < -0.4 is 0 Å². The highest BCUT2D eigenvalue weighted by molar-refractivity contribution is 8.13. The minimum Gasteiger partial charge on any atom is -0.421 e. The number of rotatable bonds is 27. The first-order chi connectivity index (χ1) is 22.5. The molecule has 0 spiro atoms. The van der Waals surface area contributed by atoms with E-state index in [-0.39, 0.29) is 0 Å². The molecule has 0 saturated heterocycles. The molecule has 298 valence electrons. The highest BCUT2D eigenvalue weighted by Gasteiger charge is 2.47. The fraction of sp³-hybridized carbons (Fsp3) is 1.00. The molecular formula is C31H66F6N2O6S2Si2. The Balaban J connectivity index is 0. The fourth-order valence-corrected chi connectivity index (χ4v) is 12.6. The van der Waals surface area contributed by atoms with Gasteiger partial charge >= 0.3 is 11.0 Å². The van der Waals surface area contributed by atoms with Gasteiger partial charge in [-0.25, -0.2) is 16.8 Å². The summed E-state index contributed by atoms with van der Waals surface area (Å²) in [5, 5.41) is 0. The monoisotopic (exact) mass is 796 g/mol. The number of sulfonamides is 2. The highest BCUT2D eigenvalue weighted by Crippen LogP contribution is 2.36. The summed E-state index contributed by atoms with van der Waals surface area (Å²) in [7, 11) is -14.0. The van der Waals surface area contributed by atoms with Crippen molar-refractivity contribution in [1.29, 1.82) is 0 Å². The molecule has 0 aliphatic heterocycles. The van der Waals surface area contributed by atoms with Crippen molar-refractivity contribution in [3.05, 3.63) is 4.13 Å². The number of nitrogens with zero attached hydrogens (tertiary/aromatic N) is 2. The van der Waals surface area contributed by atoms with Gasteiger partial charge in [0.15, 0.2) is 36.7 Å². The molecule has 0 aromatic rings. The first kappa shape index (κ1) is 50.9. The lowest BCUT2D eigenvalue weighted by atomic mass is 10.1. The van der Waals surface area contributed by atoms with Gasteiger partial charge in [-0.3, -0.25) is 0 Å². The SMILES string of the molecule is CCCCCCCCCCCC[N+](C)(CCO[Si](CC)(CC)CC)CCO[Si](CC)(CC)CC.O=S(=O)([N-]S(=O)(=O)C(F)(F)F)C(F)(F)F. The third kappa shape index (κ3) is 20.0. The smallest absolute Gasteiger partial charge is 0.421 e. The lowest BCUT2D eigenvalue weighted by Crippen LogP contribution is -2.51. The van der Waals surface area contributed by atoms with Gasteiger partial charge in [-0.05, 0) is 49.1 Å². The third-order valence-electron chi connectivity index (χ3n) is 9.78. The summed E-state index contributed by atoms with van der Waals surface area (Å²) < 4.78 is 124. The average molecular weight is 797 g/mol. The van der Waals surface area contributed by atoms with Crippen molar-refractivity contribution in [3.8, 4) is 0 Å². The summed E-state index contributed by atoms with van der Waals surface area (Å²) in [4.78, 5) is 0. The van der Waals surface area contributed by atoms with Gasteiger partial charge in [-0.1, -0.05) is 99.8 Å². The van der Waals surface area contributed by atoms with Crippen molar-refractivity contribution in [3.63, 3.8) is 0 Å². The minimum atomic E-state index is -6.72. The Kier molecular flexibility index (Phi) is 25.1. The van der Waals surface area contributed by atoms with Gasteiger partial charge in [-0.2, -0.15) is 26.3 Å². The van der Waals surface area contributed by atoms with Crippen LogP contribution in [0.15, 0.2) is 0 Å². The Morgan fingerprint density at radius 1 is 0.510 bits per heavy atom. The van der Waals surface area contributed by atoms with Gasteiger partial charge in [0.2, 0.25) is 0 Å². The Bertz CT molecular complexity index is 989. The van der Waals surface area contributed by atoms with Crippen molar-refractivity contribution in [2.75, 3.05) is 39.9 Å². The third-order valence-corrected chi connectivity index (χ3v) is 21.9. The quantitative estimate of drug-likeness (QED) is 0.0355. The van der Waals surface area contributed by atoms with Crippen LogP contribution in [0.25, 0.3) is 4.13 Å². The van der Waals surface area contributed by atoms with Gasteiger partial charge in [0.1, 0.15) is 13.1 Å². The molecule has 0 aliphatic rings. The van der Waals surface area contributed by atoms with E-state index in [1.807, 2.05) is 0 Å². The number of hydrogen-bond donors (Lipinski definition) is 0. The van der Waals surface area contributed by atoms with Gasteiger partial charge in [0.05, 0.1) is 26.8 Å². The molecule has 0 heterocycles. The molecule has 0 fully saturated rings. The number of hydrogen-bond acceptors (Lipinski definition) is 6. The molecule has 0 N–H and O–H groups in total. The molecule has 0 rings (SSSR count). The molecule has 49 heavy (non-hydrogen) atoms. The largest absolute Gasteiger partial charge is 0.480 e. The van der Waals surface area contributed by atoms with Crippen LogP contribution >= 0.6 is 0 Å². The Morgan fingerprint density at radius 2 is 0.796 bits per heavy atom. The van der Waals surface area contributed by atoms with E-state index in [0.29, 0.717) is 0 Å². The minimum absolute atomic E-state index is 0.778. The van der Waals surface area contributed by atoms with Crippen LogP contribution in [0.3, 0.4) is 0 Å². The summed E-state index contributed by atoms with van der Waals surface area (Å²) in [5.74, 6) is 0. The fourth-order valence-electron chi connectivity index (χ4n) is 5.61. The van der Waals surface area contributed by atoms with E-state index in [0.717, 1.165) is 34.9 Å². The van der Waals surface area contributed by atoms with E-state index < -0.39 is 47.7 Å². The summed E-state index contributed by atoms with van der Waals surface area (Å²) in [5.41, 5.74) is -12.4. The van der Waals surface area contributed by atoms with E-state index in [9.17, 15) is 43.2 Å². The van der Waals surface area contributed by atoms with Gasteiger partial charge in [-0.15, -0.1) is 0 Å². The van der Waals surface area contributed by atoms with E-state index in [1.165, 1.54) is 107 Å². The Hall–Kier alpha value is -0.246. The van der Waals surface area contributed by atoms with E-state index in [4.69, 9.17) is 8.85 Å². The summed E-state index contributed by atoms with van der Waals surface area (Å²) in [6, 6.07) is 7.52. The van der Waals surface area contributed by atoms with Crippen LogP contribution in [0, 0.1) is 0 Å². The average Bonchev–Trinajstić information content (AvgIpc) is 3.02. The second kappa shape index (κ2) is 24.1. The lowest BCUT2D eigenvalue weighted by molar-refractivity contribution is -0.910. The summed E-state index contributed by atoms with van der Waals surface area (Å²) >= 11 is 0. The molecular weight excluding hydrogens is 731 g/mol. The van der Waals surface area contributed by atoms with Gasteiger partial charge in [0.25, 0.3) is 0 Å². The zero-order valence-corrected chi connectivity index (χ0v) is 34.9. The maximum absolute atomic E-state index is 11.4. The van der Waals surface area contributed by atoms with Crippen LogP contribution in [0.2, 0.25) is 36.3 Å². The number of halogens is 6. The van der Waals surface area contributed by atoms with Crippen LogP contribution in [-0.2, 0) is 28.9 Å². The predicted octanol–water partition coefficient (Wildman–Crippen LogP) is 10.5. The molecule has 18 heteroatoms. The van der Waals surface area contributed by atoms with Gasteiger partial charge < -0.3 is 17.5 Å². The van der Waals surface area contributed by atoms with Crippen LogP contribution in [0.4, 0.5) is 26.3 Å². The molecule has 0 saturated carbocycles. The molecule has 0 amide bonds. The number of alkyl halides is 6. The second-order valence-electron chi connectivity index (χ2n) is 13.1. The van der Waals surface area contributed by atoms with Crippen molar-refractivity contribution in [2.45, 2.75) is 160 Å². The first-order valence-corrected chi connectivity index (χ1v) is 26.0. The predicted molar refractivity (Wildman–Crippen MR) is 192 cm³/mol. The van der Waals surface area contributed by atoms with Gasteiger partial charge in [0, 0.05) is 0 Å². The highest BCUT2D eigenvalue weighted by atomic mass is 32.3. The summed E-state index contributed by atoms with van der Waals surface area (Å²) in [6.07, 6.45) is 14.1. The van der Waals surface area contributed by atoms with Crippen LogP contribution in [0.1, 0.15) is 113 Å². The molecule has 0 bridgehead atoms. The molecule has 8 nitrogen and oxygen atoms in total. The Morgan fingerprint density at radius 3 is 1.06 bits per heavy atom. The van der Waals surface area contributed by atoms with Crippen molar-refractivity contribution < 1.29 is 56.5 Å².